The van der Waals surface area contributed by atoms with Crippen LogP contribution in [-0.2, 0) is 9.59 Å². The molecule has 6 heteroatoms. The Bertz CT molecular complexity index is 274. The summed E-state index contributed by atoms with van der Waals surface area (Å²) in [5.74, 6) is -1.47. The fourth-order valence-electron chi connectivity index (χ4n) is 1.24. The number of carboxylic acid groups (broad SMARTS) is 1. The molecule has 0 aliphatic rings. The Morgan fingerprint density at radius 3 is 2.06 bits per heavy atom. The van der Waals surface area contributed by atoms with Gasteiger partial charge in [0.2, 0.25) is 0 Å². The lowest BCUT2D eigenvalue weighted by atomic mass is 10.1. The largest absolute Gasteiger partial charge is 0.480 e. The molecule has 0 aliphatic carbocycles. The highest BCUT2D eigenvalue weighted by molar-refractivity contribution is 5.88. The molecule has 0 aliphatic heterocycles. The van der Waals surface area contributed by atoms with Crippen LogP contribution in [0.2, 0.25) is 0 Å². The lowest BCUT2D eigenvalue weighted by Gasteiger charge is -2.22. The van der Waals surface area contributed by atoms with E-state index in [-0.39, 0.29) is 12.2 Å². The summed E-state index contributed by atoms with van der Waals surface area (Å²) in [7, 11) is 0. The Kier molecular flexibility index (Phi) is 6.14. The third-order valence-electron chi connectivity index (χ3n) is 2.14. The number of carbonyl (C=O) groups is 3. The lowest BCUT2D eigenvalue weighted by Crippen LogP contribution is -2.48. The number of ketones is 1. The van der Waals surface area contributed by atoms with E-state index in [4.69, 9.17) is 5.11 Å². The van der Waals surface area contributed by atoms with Crippen LogP contribution in [0.4, 0.5) is 4.79 Å². The summed E-state index contributed by atoms with van der Waals surface area (Å²) >= 11 is 0. The summed E-state index contributed by atoms with van der Waals surface area (Å²) in [6, 6.07) is -1.61. The Balaban J connectivity index is 4.44. The van der Waals surface area contributed by atoms with Gasteiger partial charge in [-0.05, 0) is 20.8 Å². The van der Waals surface area contributed by atoms with E-state index in [0.717, 1.165) is 0 Å². The molecule has 0 aromatic heterocycles. The number of hydrogen-bond acceptors (Lipinski definition) is 3. The maximum absolute atomic E-state index is 11.5. The minimum absolute atomic E-state index is 0.192. The Hall–Kier alpha value is -1.59. The number of urea groups is 1. The fourth-order valence-corrected chi connectivity index (χ4v) is 1.24. The van der Waals surface area contributed by atoms with Gasteiger partial charge in [0.1, 0.15) is 11.8 Å². The normalized spacial score (nSPS) is 11.7. The summed E-state index contributed by atoms with van der Waals surface area (Å²) < 4.78 is 0. The van der Waals surface area contributed by atoms with Gasteiger partial charge in [-0.3, -0.25) is 4.79 Å². The Labute approximate surface area is 94.6 Å². The first kappa shape index (κ1) is 14.4. The second-order valence-corrected chi connectivity index (χ2v) is 3.42. The molecule has 0 fully saturated rings. The molecule has 1 unspecified atom stereocenters. The first-order chi connectivity index (χ1) is 7.42. The van der Waals surface area contributed by atoms with Gasteiger partial charge in [0.05, 0.1) is 0 Å². The highest BCUT2D eigenvalue weighted by atomic mass is 16.4. The molecule has 16 heavy (non-hydrogen) atoms. The first-order valence-corrected chi connectivity index (χ1v) is 5.20. The molecule has 0 radical (unpaired) electrons. The maximum atomic E-state index is 11.5. The highest BCUT2D eigenvalue weighted by Crippen LogP contribution is 1.97. The van der Waals surface area contributed by atoms with E-state index in [2.05, 4.69) is 5.32 Å². The van der Waals surface area contributed by atoms with Crippen LogP contribution in [-0.4, -0.2) is 46.9 Å². The van der Waals surface area contributed by atoms with Crippen molar-refractivity contribution in [1.82, 2.24) is 10.2 Å². The number of hydrogen-bond donors (Lipinski definition) is 2. The second-order valence-electron chi connectivity index (χ2n) is 3.42. The third kappa shape index (κ3) is 4.77. The van der Waals surface area contributed by atoms with Crippen LogP contribution in [0.5, 0.6) is 0 Å². The zero-order chi connectivity index (χ0) is 12.7. The van der Waals surface area contributed by atoms with Crippen LogP contribution < -0.4 is 5.32 Å². The van der Waals surface area contributed by atoms with Crippen molar-refractivity contribution in [3.05, 3.63) is 0 Å². The zero-order valence-electron chi connectivity index (χ0n) is 9.82. The van der Waals surface area contributed by atoms with Crippen molar-refractivity contribution in [2.75, 3.05) is 13.1 Å². The van der Waals surface area contributed by atoms with Crippen LogP contribution in [0.15, 0.2) is 0 Å². The third-order valence-corrected chi connectivity index (χ3v) is 2.14. The number of Topliss-reactive ketones (excluding diaryl/α,β-unsaturated/α-hetero) is 1. The monoisotopic (exact) mass is 230 g/mol. The van der Waals surface area contributed by atoms with Gasteiger partial charge in [-0.1, -0.05) is 0 Å². The molecule has 1 atom stereocenters. The number of aliphatic carboxylic acids is 1. The average molecular weight is 230 g/mol. The minimum Gasteiger partial charge on any atom is -0.480 e. The number of carboxylic acids is 1. The van der Waals surface area contributed by atoms with Gasteiger partial charge in [-0.25, -0.2) is 9.59 Å². The summed E-state index contributed by atoms with van der Waals surface area (Å²) in [6.07, 6.45) is -0.192. The molecule has 0 aromatic rings. The topological polar surface area (TPSA) is 86.7 Å². The van der Waals surface area contributed by atoms with E-state index in [1.807, 2.05) is 0 Å². The molecular formula is C10H18N2O4. The van der Waals surface area contributed by atoms with E-state index in [1.165, 1.54) is 11.8 Å². The fraction of sp³-hybridized carbons (Fsp3) is 0.700. The van der Waals surface area contributed by atoms with Crippen LogP contribution in [0.1, 0.15) is 27.2 Å². The molecule has 0 saturated heterocycles. The maximum Gasteiger partial charge on any atom is 0.326 e. The minimum atomic E-state index is -1.20. The van der Waals surface area contributed by atoms with Gasteiger partial charge in [0.15, 0.2) is 0 Å². The summed E-state index contributed by atoms with van der Waals surface area (Å²) in [5, 5.41) is 11.1. The molecule has 2 N–H and O–H groups in total. The molecule has 0 rings (SSSR count). The molecule has 92 valence electrons. The van der Waals surface area contributed by atoms with Crippen molar-refractivity contribution in [3.63, 3.8) is 0 Å². The van der Waals surface area contributed by atoms with Gasteiger partial charge in [0, 0.05) is 19.5 Å². The standard InChI is InChI=1S/C10H18N2O4/c1-4-12(5-2)10(16)11-8(9(14)15)6-7(3)13/h8H,4-6H2,1-3H3,(H,11,16)(H,14,15). The van der Waals surface area contributed by atoms with Crippen molar-refractivity contribution in [2.24, 2.45) is 0 Å². The SMILES string of the molecule is CCN(CC)C(=O)NC(CC(C)=O)C(=O)O. The quantitative estimate of drug-likeness (QED) is 0.694. The van der Waals surface area contributed by atoms with Crippen LogP contribution in [0, 0.1) is 0 Å². The van der Waals surface area contributed by atoms with Gasteiger partial charge in [-0.15, -0.1) is 0 Å². The van der Waals surface area contributed by atoms with Crippen LogP contribution >= 0.6 is 0 Å². The van der Waals surface area contributed by atoms with Crippen molar-refractivity contribution >= 4 is 17.8 Å². The van der Waals surface area contributed by atoms with Crippen LogP contribution in [0.3, 0.4) is 0 Å². The number of carbonyl (C=O) groups excluding carboxylic acids is 2. The van der Waals surface area contributed by atoms with E-state index < -0.39 is 18.0 Å². The van der Waals surface area contributed by atoms with Gasteiger partial charge in [0.25, 0.3) is 0 Å². The smallest absolute Gasteiger partial charge is 0.326 e. The molecule has 0 heterocycles. The van der Waals surface area contributed by atoms with Gasteiger partial charge < -0.3 is 15.3 Å². The summed E-state index contributed by atoms with van der Waals surface area (Å²) in [4.78, 5) is 34.6. The first-order valence-electron chi connectivity index (χ1n) is 5.20. The molecule has 0 bridgehead atoms. The molecule has 0 spiro atoms. The number of nitrogens with zero attached hydrogens (tertiary/aromatic N) is 1. The predicted octanol–water partition coefficient (Wildman–Crippen LogP) is 0.470. The lowest BCUT2D eigenvalue weighted by molar-refractivity contribution is -0.140. The van der Waals surface area contributed by atoms with Crippen molar-refractivity contribution in [1.29, 1.82) is 0 Å². The average Bonchev–Trinajstić information content (AvgIpc) is 2.17. The van der Waals surface area contributed by atoms with E-state index >= 15 is 0 Å². The summed E-state index contributed by atoms with van der Waals surface area (Å²) in [5.41, 5.74) is 0. The molecule has 0 aromatic carbocycles. The molecular weight excluding hydrogens is 212 g/mol. The van der Waals surface area contributed by atoms with Crippen molar-refractivity contribution < 1.29 is 19.5 Å². The number of amides is 2. The molecule has 6 nitrogen and oxygen atoms in total. The molecule has 0 saturated carbocycles. The highest BCUT2D eigenvalue weighted by Gasteiger charge is 2.23. The van der Waals surface area contributed by atoms with Crippen LogP contribution in [0.25, 0.3) is 0 Å². The van der Waals surface area contributed by atoms with Gasteiger partial charge in [-0.2, -0.15) is 0 Å². The number of nitrogens with one attached hydrogen (secondary N) is 1. The van der Waals surface area contributed by atoms with Gasteiger partial charge >= 0.3 is 12.0 Å². The van der Waals surface area contributed by atoms with Crippen molar-refractivity contribution in [2.45, 2.75) is 33.2 Å². The van der Waals surface area contributed by atoms with Crippen molar-refractivity contribution in [3.8, 4) is 0 Å². The zero-order valence-corrected chi connectivity index (χ0v) is 9.82. The Morgan fingerprint density at radius 2 is 1.75 bits per heavy atom. The predicted molar refractivity (Wildman–Crippen MR) is 58.2 cm³/mol. The molecule has 2 amide bonds. The van der Waals surface area contributed by atoms with E-state index in [0.29, 0.717) is 13.1 Å². The van der Waals surface area contributed by atoms with E-state index in [1.54, 1.807) is 13.8 Å². The van der Waals surface area contributed by atoms with E-state index in [9.17, 15) is 14.4 Å². The number of rotatable bonds is 6. The summed E-state index contributed by atoms with van der Waals surface area (Å²) in [6.45, 7) is 5.87. The second kappa shape index (κ2) is 6.81. The Morgan fingerprint density at radius 1 is 1.25 bits per heavy atom.